The zero-order chi connectivity index (χ0) is 9.68. The quantitative estimate of drug-likeness (QED) is 0.700. The third kappa shape index (κ3) is 2.40. The number of hydrogen-bond donors (Lipinski definition) is 2. The number of anilines is 1. The Labute approximate surface area is 76.6 Å². The van der Waals surface area contributed by atoms with E-state index in [9.17, 15) is 4.79 Å². The Balaban J connectivity index is 2.82. The monoisotopic (exact) mass is 180 g/mol. The number of amides is 1. The van der Waals surface area contributed by atoms with Gasteiger partial charge in [0.05, 0.1) is 0 Å². The highest BCUT2D eigenvalue weighted by Gasteiger charge is 2.05. The van der Waals surface area contributed by atoms with Gasteiger partial charge in [-0.2, -0.15) is 0 Å². The van der Waals surface area contributed by atoms with Crippen LogP contribution in [0.2, 0.25) is 0 Å². The molecule has 0 radical (unpaired) electrons. The highest BCUT2D eigenvalue weighted by Crippen LogP contribution is 2.01. The van der Waals surface area contributed by atoms with Crippen molar-refractivity contribution in [1.82, 2.24) is 15.3 Å². The third-order valence-electron chi connectivity index (χ3n) is 1.49. The molecule has 0 unspecified atom stereocenters. The van der Waals surface area contributed by atoms with Gasteiger partial charge in [-0.3, -0.25) is 4.79 Å². The lowest BCUT2D eigenvalue weighted by atomic mass is 10.3. The van der Waals surface area contributed by atoms with Crippen molar-refractivity contribution >= 4 is 11.7 Å². The van der Waals surface area contributed by atoms with Gasteiger partial charge in [0.15, 0.2) is 0 Å². The Kier molecular flexibility index (Phi) is 3.19. The second kappa shape index (κ2) is 4.39. The molecule has 1 rings (SSSR count). The van der Waals surface area contributed by atoms with E-state index in [4.69, 9.17) is 0 Å². The van der Waals surface area contributed by atoms with Gasteiger partial charge in [0, 0.05) is 19.7 Å². The second-order valence-corrected chi connectivity index (χ2v) is 2.40. The average molecular weight is 180 g/mol. The number of hydrogen-bond acceptors (Lipinski definition) is 4. The zero-order valence-corrected chi connectivity index (χ0v) is 7.66. The first-order chi connectivity index (χ1) is 6.27. The number of carbonyl (C=O) groups is 1. The number of aromatic nitrogens is 2. The minimum absolute atomic E-state index is 0.179. The maximum Gasteiger partial charge on any atom is 0.270 e. The molecule has 0 saturated heterocycles. The van der Waals surface area contributed by atoms with Crippen LogP contribution in [0, 0.1) is 0 Å². The molecule has 5 heteroatoms. The van der Waals surface area contributed by atoms with Crippen LogP contribution >= 0.6 is 0 Å². The average Bonchev–Trinajstić information content (AvgIpc) is 2.18. The van der Waals surface area contributed by atoms with E-state index in [0.29, 0.717) is 18.1 Å². The first kappa shape index (κ1) is 9.44. The summed E-state index contributed by atoms with van der Waals surface area (Å²) >= 11 is 0. The minimum Gasteiger partial charge on any atom is -0.373 e. The molecule has 0 bridgehead atoms. The van der Waals surface area contributed by atoms with Crippen LogP contribution in [-0.2, 0) is 0 Å². The van der Waals surface area contributed by atoms with Crippen molar-refractivity contribution in [2.45, 2.75) is 6.92 Å². The Morgan fingerprint density at radius 1 is 1.54 bits per heavy atom. The lowest BCUT2D eigenvalue weighted by Gasteiger charge is -2.02. The number of rotatable bonds is 3. The van der Waals surface area contributed by atoms with Crippen LogP contribution < -0.4 is 10.6 Å². The summed E-state index contributed by atoms with van der Waals surface area (Å²) in [5.41, 5.74) is 0.376. The van der Waals surface area contributed by atoms with Crippen molar-refractivity contribution in [3.8, 4) is 0 Å². The Morgan fingerprint density at radius 2 is 2.31 bits per heavy atom. The van der Waals surface area contributed by atoms with Gasteiger partial charge in [-0.25, -0.2) is 9.97 Å². The molecule has 1 amide bonds. The summed E-state index contributed by atoms with van der Waals surface area (Å²) < 4.78 is 0. The van der Waals surface area contributed by atoms with Crippen LogP contribution in [0.3, 0.4) is 0 Å². The normalized spacial score (nSPS) is 9.38. The van der Waals surface area contributed by atoms with Crippen LogP contribution in [0.1, 0.15) is 17.4 Å². The molecule has 0 atom stereocenters. The molecule has 1 heterocycles. The van der Waals surface area contributed by atoms with Gasteiger partial charge in [-0.1, -0.05) is 0 Å². The van der Waals surface area contributed by atoms with Gasteiger partial charge < -0.3 is 10.6 Å². The predicted molar refractivity (Wildman–Crippen MR) is 49.6 cm³/mol. The van der Waals surface area contributed by atoms with E-state index in [2.05, 4.69) is 20.6 Å². The summed E-state index contributed by atoms with van der Waals surface area (Å²) in [6, 6.07) is 1.60. The van der Waals surface area contributed by atoms with Gasteiger partial charge in [0.2, 0.25) is 0 Å². The summed E-state index contributed by atoms with van der Waals surface area (Å²) in [7, 11) is 1.74. The molecular formula is C8H12N4O. The van der Waals surface area contributed by atoms with Gasteiger partial charge in [-0.15, -0.1) is 0 Å². The van der Waals surface area contributed by atoms with Gasteiger partial charge in [0.1, 0.15) is 17.8 Å². The van der Waals surface area contributed by atoms with E-state index >= 15 is 0 Å². The van der Waals surface area contributed by atoms with Crippen molar-refractivity contribution in [2.24, 2.45) is 0 Å². The number of carbonyl (C=O) groups excluding carboxylic acids is 1. The smallest absolute Gasteiger partial charge is 0.270 e. The Hall–Kier alpha value is -1.65. The topological polar surface area (TPSA) is 66.9 Å². The molecule has 13 heavy (non-hydrogen) atoms. The standard InChI is InChI=1S/C8H12N4O/c1-3-10-8(13)6-4-7(9-2)12-5-11-6/h4-5H,3H2,1-2H3,(H,10,13)(H,9,11,12). The SMILES string of the molecule is CCNC(=O)c1cc(NC)ncn1. The molecule has 2 N–H and O–H groups in total. The van der Waals surface area contributed by atoms with E-state index in [1.54, 1.807) is 13.1 Å². The zero-order valence-electron chi connectivity index (χ0n) is 7.66. The molecule has 0 saturated carbocycles. The summed E-state index contributed by atoms with van der Waals surface area (Å²) in [6.45, 7) is 2.45. The number of nitrogens with one attached hydrogen (secondary N) is 2. The summed E-state index contributed by atoms with van der Waals surface area (Å²) in [5, 5.41) is 5.49. The maximum absolute atomic E-state index is 11.3. The molecule has 0 aliphatic carbocycles. The molecule has 0 aliphatic rings. The molecule has 1 aromatic heterocycles. The molecule has 1 aromatic rings. The lowest BCUT2D eigenvalue weighted by molar-refractivity contribution is 0.0950. The molecule has 0 spiro atoms. The van der Waals surface area contributed by atoms with Crippen LogP contribution in [-0.4, -0.2) is 29.5 Å². The van der Waals surface area contributed by atoms with Crippen molar-refractivity contribution in [1.29, 1.82) is 0 Å². The van der Waals surface area contributed by atoms with E-state index in [0.717, 1.165) is 0 Å². The maximum atomic E-state index is 11.3. The first-order valence-corrected chi connectivity index (χ1v) is 4.06. The molecular weight excluding hydrogens is 168 g/mol. The van der Waals surface area contributed by atoms with Gasteiger partial charge >= 0.3 is 0 Å². The van der Waals surface area contributed by atoms with Gasteiger partial charge in [-0.05, 0) is 6.92 Å². The number of nitrogens with zero attached hydrogens (tertiary/aromatic N) is 2. The van der Waals surface area contributed by atoms with Crippen molar-refractivity contribution in [3.05, 3.63) is 18.1 Å². The second-order valence-electron chi connectivity index (χ2n) is 2.40. The first-order valence-electron chi connectivity index (χ1n) is 4.06. The van der Waals surface area contributed by atoms with E-state index in [1.165, 1.54) is 6.33 Å². The molecule has 70 valence electrons. The molecule has 5 nitrogen and oxygen atoms in total. The Morgan fingerprint density at radius 3 is 2.92 bits per heavy atom. The highest BCUT2D eigenvalue weighted by molar-refractivity contribution is 5.92. The van der Waals surface area contributed by atoms with Crippen molar-refractivity contribution in [3.63, 3.8) is 0 Å². The van der Waals surface area contributed by atoms with Crippen molar-refractivity contribution < 1.29 is 4.79 Å². The Bertz CT molecular complexity index is 300. The van der Waals surface area contributed by atoms with Crippen LogP contribution in [0.5, 0.6) is 0 Å². The fourth-order valence-corrected chi connectivity index (χ4v) is 0.869. The van der Waals surface area contributed by atoms with Crippen molar-refractivity contribution in [2.75, 3.05) is 18.9 Å². The minimum atomic E-state index is -0.179. The summed E-state index contributed by atoms with van der Waals surface area (Å²) in [6.07, 6.45) is 1.36. The highest BCUT2D eigenvalue weighted by atomic mass is 16.1. The van der Waals surface area contributed by atoms with Crippen LogP contribution in [0.25, 0.3) is 0 Å². The fraction of sp³-hybridized carbons (Fsp3) is 0.375. The summed E-state index contributed by atoms with van der Waals surface area (Å²) in [5.74, 6) is 0.456. The molecule has 0 fully saturated rings. The lowest BCUT2D eigenvalue weighted by Crippen LogP contribution is -2.23. The van der Waals surface area contributed by atoms with Gasteiger partial charge in [0.25, 0.3) is 5.91 Å². The predicted octanol–water partition coefficient (Wildman–Crippen LogP) is 0.268. The van der Waals surface area contributed by atoms with E-state index in [-0.39, 0.29) is 5.91 Å². The molecule has 0 aliphatic heterocycles. The largest absolute Gasteiger partial charge is 0.373 e. The van der Waals surface area contributed by atoms with Crippen LogP contribution in [0.4, 0.5) is 5.82 Å². The third-order valence-corrected chi connectivity index (χ3v) is 1.49. The molecule has 0 aromatic carbocycles. The van der Waals surface area contributed by atoms with E-state index < -0.39 is 0 Å². The van der Waals surface area contributed by atoms with E-state index in [1.807, 2.05) is 6.92 Å². The summed E-state index contributed by atoms with van der Waals surface area (Å²) in [4.78, 5) is 19.0. The fourth-order valence-electron chi connectivity index (χ4n) is 0.869. The van der Waals surface area contributed by atoms with Crippen LogP contribution in [0.15, 0.2) is 12.4 Å².